The predicted octanol–water partition coefficient (Wildman–Crippen LogP) is 4.17. The van der Waals surface area contributed by atoms with Crippen molar-refractivity contribution >= 4 is 33.3 Å². The molecular formula is C24H26ClFN4O3S. The summed E-state index contributed by atoms with van der Waals surface area (Å²) in [7, 11) is -3.93. The van der Waals surface area contributed by atoms with Crippen LogP contribution in [0.15, 0.2) is 29.4 Å². The van der Waals surface area contributed by atoms with E-state index in [1.165, 1.54) is 36.0 Å². The first kappa shape index (κ1) is 22.4. The fraction of sp³-hybridized carbons (Fsp3) is 0.542. The first-order valence-electron chi connectivity index (χ1n) is 11.8. The molecule has 7 rings (SSSR count). The van der Waals surface area contributed by atoms with Crippen molar-refractivity contribution in [3.8, 4) is 0 Å². The molecule has 34 heavy (non-hydrogen) atoms. The number of amides is 1. The van der Waals surface area contributed by atoms with Crippen molar-refractivity contribution in [1.29, 1.82) is 0 Å². The van der Waals surface area contributed by atoms with Crippen LogP contribution in [0.25, 0.3) is 0 Å². The molecule has 1 aromatic carbocycles. The van der Waals surface area contributed by atoms with E-state index in [4.69, 9.17) is 11.6 Å². The van der Waals surface area contributed by atoms with E-state index in [2.05, 4.69) is 15.3 Å². The zero-order chi connectivity index (χ0) is 23.7. The maximum Gasteiger partial charge on any atom is 0.244 e. The Morgan fingerprint density at radius 1 is 1.12 bits per heavy atom. The first-order chi connectivity index (χ1) is 16.2. The molecule has 4 fully saturated rings. The summed E-state index contributed by atoms with van der Waals surface area (Å²) in [6.07, 6.45) is 8.40. The van der Waals surface area contributed by atoms with Gasteiger partial charge in [0.2, 0.25) is 15.9 Å². The Kier molecular flexibility index (Phi) is 5.24. The number of nitrogens with zero attached hydrogens (tertiary/aromatic N) is 3. The van der Waals surface area contributed by atoms with Crippen LogP contribution in [-0.2, 0) is 27.8 Å². The maximum absolute atomic E-state index is 13.5. The summed E-state index contributed by atoms with van der Waals surface area (Å²) in [6.45, 7) is 0.227. The van der Waals surface area contributed by atoms with E-state index in [1.807, 2.05) is 0 Å². The minimum absolute atomic E-state index is 0.0358. The van der Waals surface area contributed by atoms with Crippen LogP contribution in [0, 0.1) is 29.0 Å². The summed E-state index contributed by atoms with van der Waals surface area (Å²) < 4.78 is 41.0. The average molecular weight is 505 g/mol. The monoisotopic (exact) mass is 504 g/mol. The van der Waals surface area contributed by atoms with E-state index in [1.54, 1.807) is 0 Å². The van der Waals surface area contributed by atoms with Crippen LogP contribution >= 0.6 is 11.6 Å². The molecular weight excluding hydrogens is 479 g/mol. The maximum atomic E-state index is 13.5. The summed E-state index contributed by atoms with van der Waals surface area (Å²) in [5, 5.41) is 2.95. The first-order valence-corrected chi connectivity index (χ1v) is 13.6. The van der Waals surface area contributed by atoms with Crippen molar-refractivity contribution in [3.63, 3.8) is 0 Å². The smallest absolute Gasteiger partial charge is 0.244 e. The normalized spacial score (nSPS) is 30.2. The van der Waals surface area contributed by atoms with E-state index < -0.39 is 15.8 Å². The number of benzene rings is 1. The van der Waals surface area contributed by atoms with Crippen molar-refractivity contribution in [2.75, 3.05) is 11.9 Å². The summed E-state index contributed by atoms with van der Waals surface area (Å²) in [5.41, 5.74) is 1.04. The van der Waals surface area contributed by atoms with Gasteiger partial charge < -0.3 is 5.32 Å². The molecule has 4 aliphatic carbocycles. The topological polar surface area (TPSA) is 92.3 Å². The van der Waals surface area contributed by atoms with Crippen LogP contribution in [-0.4, -0.2) is 35.1 Å². The lowest BCUT2D eigenvalue weighted by molar-refractivity contribution is -0.140. The third-order valence-corrected chi connectivity index (χ3v) is 10.6. The molecule has 5 aliphatic rings. The number of fused-ring (bicyclic) bond motifs is 1. The highest BCUT2D eigenvalue weighted by Gasteiger charge is 2.54. The minimum Gasteiger partial charge on any atom is -0.310 e. The van der Waals surface area contributed by atoms with Gasteiger partial charge in [0.1, 0.15) is 22.9 Å². The van der Waals surface area contributed by atoms with Gasteiger partial charge in [0.05, 0.1) is 22.7 Å². The number of rotatable bonds is 4. The standard InChI is InChI=1S/C24H26ClFN4O3S/c25-19-8-17(26)1-2-21(19)34(32,33)30-4-3-18-20(12-30)27-13-28-22(18)29-23(31)24-9-14-5-15(10-24)7-16(6-14)11-24/h1-2,8,13-16H,3-7,9-12H2,(H,27,28,29,31). The fourth-order valence-electron chi connectivity index (χ4n) is 7.10. The lowest BCUT2D eigenvalue weighted by Gasteiger charge is -2.55. The Morgan fingerprint density at radius 3 is 2.44 bits per heavy atom. The molecule has 4 bridgehead atoms. The van der Waals surface area contributed by atoms with Crippen molar-refractivity contribution < 1.29 is 17.6 Å². The number of anilines is 1. The van der Waals surface area contributed by atoms with E-state index in [9.17, 15) is 17.6 Å². The SMILES string of the molecule is O=C(Nc1ncnc2c1CCN(S(=O)(=O)c1ccc(F)cc1Cl)C2)C12CC3CC(CC(C3)C1)C2. The number of halogens is 2. The number of hydrogen-bond acceptors (Lipinski definition) is 5. The highest BCUT2D eigenvalue weighted by Crippen LogP contribution is 2.60. The number of sulfonamides is 1. The van der Waals surface area contributed by atoms with Crippen molar-refractivity contribution in [2.45, 2.75) is 56.4 Å². The van der Waals surface area contributed by atoms with Gasteiger partial charge in [0.25, 0.3) is 0 Å². The molecule has 0 saturated heterocycles. The van der Waals surface area contributed by atoms with E-state index in [0.29, 0.717) is 35.7 Å². The summed E-state index contributed by atoms with van der Waals surface area (Å²) in [5.74, 6) is 1.93. The van der Waals surface area contributed by atoms with Gasteiger partial charge in [0, 0.05) is 12.1 Å². The Balaban J connectivity index is 1.23. The minimum atomic E-state index is -3.93. The molecule has 2 aromatic rings. The van der Waals surface area contributed by atoms with Crippen LogP contribution in [0.4, 0.5) is 10.2 Å². The number of hydrogen-bond donors (Lipinski definition) is 1. The van der Waals surface area contributed by atoms with Crippen LogP contribution in [0.2, 0.25) is 5.02 Å². The highest BCUT2D eigenvalue weighted by molar-refractivity contribution is 7.89. The van der Waals surface area contributed by atoms with E-state index >= 15 is 0 Å². The van der Waals surface area contributed by atoms with Crippen molar-refractivity contribution in [2.24, 2.45) is 23.2 Å². The molecule has 10 heteroatoms. The molecule has 1 aromatic heterocycles. The second kappa shape index (κ2) is 7.96. The van der Waals surface area contributed by atoms with Crippen molar-refractivity contribution in [1.82, 2.24) is 14.3 Å². The molecule has 0 unspecified atom stereocenters. The Labute approximate surface area is 203 Å². The highest BCUT2D eigenvalue weighted by atomic mass is 35.5. The quantitative estimate of drug-likeness (QED) is 0.674. The molecule has 7 nitrogen and oxygen atoms in total. The van der Waals surface area contributed by atoms with Gasteiger partial charge in [-0.3, -0.25) is 4.79 Å². The molecule has 180 valence electrons. The molecule has 1 N–H and O–H groups in total. The average Bonchev–Trinajstić information content (AvgIpc) is 2.77. The van der Waals surface area contributed by atoms with Crippen LogP contribution < -0.4 is 5.32 Å². The molecule has 0 spiro atoms. The van der Waals surface area contributed by atoms with Crippen molar-refractivity contribution in [3.05, 3.63) is 46.6 Å². The second-order valence-corrected chi connectivity index (χ2v) is 12.8. The molecule has 0 atom stereocenters. The number of nitrogens with one attached hydrogen (secondary N) is 1. The number of carbonyl (C=O) groups excluding carboxylic acids is 1. The van der Waals surface area contributed by atoms with Gasteiger partial charge in [-0.2, -0.15) is 4.31 Å². The largest absolute Gasteiger partial charge is 0.310 e. The number of carbonyl (C=O) groups is 1. The Hall–Kier alpha value is -2.10. The van der Waals surface area contributed by atoms with Gasteiger partial charge >= 0.3 is 0 Å². The van der Waals surface area contributed by atoms with E-state index in [-0.39, 0.29) is 34.3 Å². The molecule has 0 radical (unpaired) electrons. The van der Waals surface area contributed by atoms with Gasteiger partial charge in [-0.05, 0) is 80.9 Å². The van der Waals surface area contributed by atoms with E-state index in [0.717, 1.165) is 37.0 Å². The zero-order valence-corrected chi connectivity index (χ0v) is 20.2. The third kappa shape index (κ3) is 3.63. The Morgan fingerprint density at radius 2 is 1.79 bits per heavy atom. The number of aromatic nitrogens is 2. The van der Waals surface area contributed by atoms with Gasteiger partial charge in [-0.25, -0.2) is 22.8 Å². The molecule has 1 aliphatic heterocycles. The molecule has 4 saturated carbocycles. The second-order valence-electron chi connectivity index (χ2n) is 10.5. The lowest BCUT2D eigenvalue weighted by atomic mass is 9.49. The molecule has 2 heterocycles. The third-order valence-electron chi connectivity index (χ3n) is 8.24. The van der Waals surface area contributed by atoms with Gasteiger partial charge in [0.15, 0.2) is 0 Å². The van der Waals surface area contributed by atoms with Crippen LogP contribution in [0.1, 0.15) is 49.8 Å². The summed E-state index contributed by atoms with van der Waals surface area (Å²) in [6, 6.07) is 3.25. The van der Waals surface area contributed by atoms with Gasteiger partial charge in [-0.15, -0.1) is 0 Å². The van der Waals surface area contributed by atoms with Crippen LogP contribution in [0.3, 0.4) is 0 Å². The fourth-order valence-corrected chi connectivity index (χ4v) is 9.00. The zero-order valence-electron chi connectivity index (χ0n) is 18.6. The van der Waals surface area contributed by atoms with Crippen LogP contribution in [0.5, 0.6) is 0 Å². The lowest BCUT2D eigenvalue weighted by Crippen LogP contribution is -2.52. The van der Waals surface area contributed by atoms with Gasteiger partial charge in [-0.1, -0.05) is 11.6 Å². The summed E-state index contributed by atoms with van der Waals surface area (Å²) in [4.78, 5) is 22.0. The predicted molar refractivity (Wildman–Crippen MR) is 124 cm³/mol. The Bertz CT molecular complexity index is 1250. The summed E-state index contributed by atoms with van der Waals surface area (Å²) >= 11 is 6.03. The molecule has 1 amide bonds.